The van der Waals surface area contributed by atoms with Crippen molar-refractivity contribution in [1.82, 2.24) is 14.3 Å². The van der Waals surface area contributed by atoms with E-state index in [0.717, 1.165) is 17.2 Å². The number of hydrogen-bond donors (Lipinski definition) is 3. The van der Waals surface area contributed by atoms with Crippen LogP contribution in [0.3, 0.4) is 0 Å². The van der Waals surface area contributed by atoms with Crippen molar-refractivity contribution in [3.8, 4) is 0 Å². The van der Waals surface area contributed by atoms with E-state index >= 15 is 0 Å². The van der Waals surface area contributed by atoms with E-state index < -0.39 is 24.3 Å². The largest absolute Gasteiger partial charge is 0.481 e. The average molecular weight is 483 g/mol. The van der Waals surface area contributed by atoms with Gasteiger partial charge in [0.25, 0.3) is 0 Å². The van der Waals surface area contributed by atoms with Gasteiger partial charge in [-0.15, -0.1) is 0 Å². The van der Waals surface area contributed by atoms with Crippen LogP contribution in [0.5, 0.6) is 0 Å². The van der Waals surface area contributed by atoms with E-state index in [9.17, 15) is 9.59 Å². The number of carboxylic acids is 1. The van der Waals surface area contributed by atoms with Gasteiger partial charge < -0.3 is 25.1 Å². The SMILES string of the molecule is CCN(C(=NC(C)N1CC(=NOC(CO)CO)C1)C(C(=O)CC(=O)O)=C(C)C)c1ncns1. The van der Waals surface area contributed by atoms with Crippen molar-refractivity contribution in [3.63, 3.8) is 0 Å². The zero-order valence-electron chi connectivity index (χ0n) is 19.1. The maximum Gasteiger partial charge on any atom is 0.311 e. The number of hydrogen-bond acceptors (Lipinski definition) is 11. The lowest BCUT2D eigenvalue weighted by molar-refractivity contribution is -0.139. The summed E-state index contributed by atoms with van der Waals surface area (Å²) < 4.78 is 4.03. The number of allylic oxidation sites excluding steroid dienone is 1. The van der Waals surface area contributed by atoms with Crippen LogP contribution in [0, 0.1) is 0 Å². The van der Waals surface area contributed by atoms with Gasteiger partial charge in [-0.2, -0.15) is 4.37 Å². The number of likely N-dealkylation sites (tertiary alicyclic amines) is 1. The molecule has 12 nitrogen and oxygen atoms in total. The van der Waals surface area contributed by atoms with Crippen LogP contribution in [0.15, 0.2) is 27.6 Å². The Morgan fingerprint density at radius 2 is 1.97 bits per heavy atom. The summed E-state index contributed by atoms with van der Waals surface area (Å²) in [6, 6.07) is 0. The van der Waals surface area contributed by atoms with Crippen molar-refractivity contribution in [1.29, 1.82) is 0 Å². The molecule has 0 spiro atoms. The fourth-order valence-corrected chi connectivity index (χ4v) is 3.66. The molecule has 3 N–H and O–H groups in total. The second-order valence-corrected chi connectivity index (χ2v) is 8.33. The van der Waals surface area contributed by atoms with Crippen LogP contribution >= 0.6 is 11.5 Å². The van der Waals surface area contributed by atoms with Gasteiger partial charge in [0.05, 0.1) is 24.5 Å². The van der Waals surface area contributed by atoms with E-state index in [1.807, 2.05) is 18.7 Å². The van der Waals surface area contributed by atoms with E-state index in [4.69, 9.17) is 25.1 Å². The molecule has 1 aromatic rings. The molecule has 2 rings (SSSR count). The summed E-state index contributed by atoms with van der Waals surface area (Å²) in [6.07, 6.45) is -0.357. The van der Waals surface area contributed by atoms with E-state index in [0.29, 0.717) is 36.2 Å². The van der Waals surface area contributed by atoms with E-state index in [1.165, 1.54) is 6.33 Å². The predicted octanol–water partition coefficient (Wildman–Crippen LogP) is 0.531. The van der Waals surface area contributed by atoms with Crippen molar-refractivity contribution in [2.24, 2.45) is 10.1 Å². The summed E-state index contributed by atoms with van der Waals surface area (Å²) in [4.78, 5) is 41.9. The molecule has 1 fully saturated rings. The van der Waals surface area contributed by atoms with Gasteiger partial charge in [0.2, 0.25) is 5.13 Å². The number of rotatable bonds is 12. The molecule has 182 valence electrons. The van der Waals surface area contributed by atoms with Gasteiger partial charge in [0.15, 0.2) is 11.9 Å². The Kier molecular flexibility index (Phi) is 10.0. The summed E-state index contributed by atoms with van der Waals surface area (Å²) in [7, 11) is 0. The number of carboxylic acid groups (broad SMARTS) is 1. The van der Waals surface area contributed by atoms with Crippen molar-refractivity contribution >= 4 is 40.0 Å². The summed E-state index contributed by atoms with van der Waals surface area (Å²) in [6.45, 7) is 7.92. The molecule has 2 heterocycles. The third-order valence-corrected chi connectivity index (χ3v) is 5.50. The van der Waals surface area contributed by atoms with Crippen LogP contribution in [-0.2, 0) is 14.4 Å². The number of carbonyl (C=O) groups is 2. The Morgan fingerprint density at radius 3 is 2.45 bits per heavy atom. The molecule has 0 aliphatic carbocycles. The first kappa shape index (κ1) is 26.5. The number of aliphatic hydroxyl groups excluding tert-OH is 2. The predicted molar refractivity (Wildman–Crippen MR) is 124 cm³/mol. The molecule has 1 unspecified atom stereocenters. The van der Waals surface area contributed by atoms with Crippen LogP contribution in [0.25, 0.3) is 0 Å². The molecule has 13 heteroatoms. The van der Waals surface area contributed by atoms with Crippen LogP contribution in [0.2, 0.25) is 0 Å². The molecular weight excluding hydrogens is 452 g/mol. The highest BCUT2D eigenvalue weighted by molar-refractivity contribution is 7.09. The van der Waals surface area contributed by atoms with Crippen molar-refractivity contribution in [3.05, 3.63) is 17.5 Å². The summed E-state index contributed by atoms with van der Waals surface area (Å²) in [5.74, 6) is -1.40. The topological polar surface area (TPSA) is 161 Å². The van der Waals surface area contributed by atoms with Gasteiger partial charge >= 0.3 is 5.97 Å². The first-order chi connectivity index (χ1) is 15.7. The Hall–Kier alpha value is -2.74. The number of Topliss-reactive ketones (excluding diaryl/α,β-unsaturated/α-hetero) is 1. The highest BCUT2D eigenvalue weighted by atomic mass is 32.1. The number of ketones is 1. The van der Waals surface area contributed by atoms with Gasteiger partial charge in [-0.25, -0.2) is 9.98 Å². The lowest BCUT2D eigenvalue weighted by Gasteiger charge is -2.36. The van der Waals surface area contributed by atoms with Crippen LogP contribution in [0.1, 0.15) is 34.1 Å². The van der Waals surface area contributed by atoms with E-state index in [2.05, 4.69) is 14.5 Å². The molecule has 1 aliphatic heterocycles. The number of nitrogens with zero attached hydrogens (tertiary/aromatic N) is 6. The van der Waals surface area contributed by atoms with Gasteiger partial charge in [-0.3, -0.25) is 14.5 Å². The Morgan fingerprint density at radius 1 is 1.30 bits per heavy atom. The van der Waals surface area contributed by atoms with Crippen molar-refractivity contribution in [2.45, 2.75) is 46.4 Å². The molecule has 1 aliphatic rings. The number of likely N-dealkylation sites (N-methyl/N-ethyl adjacent to an activating group) is 1. The van der Waals surface area contributed by atoms with Crippen molar-refractivity contribution in [2.75, 3.05) is 37.7 Å². The minimum absolute atomic E-state index is 0.243. The van der Waals surface area contributed by atoms with Gasteiger partial charge in [-0.1, -0.05) is 10.7 Å². The minimum Gasteiger partial charge on any atom is -0.481 e. The average Bonchev–Trinajstić information content (AvgIpc) is 3.23. The second-order valence-electron chi connectivity index (χ2n) is 7.58. The van der Waals surface area contributed by atoms with Crippen LogP contribution < -0.4 is 4.90 Å². The van der Waals surface area contributed by atoms with Gasteiger partial charge in [0.1, 0.15) is 24.7 Å². The monoisotopic (exact) mass is 482 g/mol. The lowest BCUT2D eigenvalue weighted by Crippen LogP contribution is -2.52. The zero-order valence-corrected chi connectivity index (χ0v) is 19.9. The third kappa shape index (κ3) is 7.12. The first-order valence-corrected chi connectivity index (χ1v) is 11.2. The van der Waals surface area contributed by atoms with Gasteiger partial charge in [-0.05, 0) is 27.7 Å². The number of amidine groups is 1. The summed E-state index contributed by atoms with van der Waals surface area (Å²) in [5, 5.41) is 31.8. The minimum atomic E-state index is -1.21. The second kappa shape index (κ2) is 12.5. The number of aliphatic hydroxyl groups is 2. The summed E-state index contributed by atoms with van der Waals surface area (Å²) >= 11 is 1.15. The molecule has 33 heavy (non-hydrogen) atoms. The molecular formula is C20H30N6O6S. The molecule has 0 amide bonds. The van der Waals surface area contributed by atoms with Crippen LogP contribution in [-0.4, -0.2) is 98.0 Å². The Balaban J connectivity index is 2.32. The molecule has 1 atom stereocenters. The Labute approximate surface area is 196 Å². The third-order valence-electron chi connectivity index (χ3n) is 4.81. The zero-order chi connectivity index (χ0) is 24.5. The number of aliphatic imine (C=N–C) groups is 1. The smallest absolute Gasteiger partial charge is 0.311 e. The van der Waals surface area contributed by atoms with Crippen molar-refractivity contribution < 1.29 is 29.7 Å². The highest BCUT2D eigenvalue weighted by Crippen LogP contribution is 2.23. The number of anilines is 1. The normalized spacial score (nSPS) is 15.1. The Bertz CT molecular complexity index is 900. The van der Waals surface area contributed by atoms with E-state index in [-0.39, 0.29) is 25.0 Å². The summed E-state index contributed by atoms with van der Waals surface area (Å²) in [5.41, 5.74) is 1.62. The fraction of sp³-hybridized carbons (Fsp3) is 0.600. The van der Waals surface area contributed by atoms with Crippen LogP contribution in [0.4, 0.5) is 5.13 Å². The fourth-order valence-electron chi connectivity index (χ4n) is 3.06. The molecule has 0 aromatic carbocycles. The molecule has 1 aromatic heterocycles. The molecule has 0 radical (unpaired) electrons. The highest BCUT2D eigenvalue weighted by Gasteiger charge is 2.31. The quantitative estimate of drug-likeness (QED) is 0.126. The number of carbonyl (C=O) groups excluding carboxylic acids is 1. The first-order valence-electron chi connectivity index (χ1n) is 10.4. The maximum atomic E-state index is 12.9. The van der Waals surface area contributed by atoms with E-state index in [1.54, 1.807) is 18.7 Å². The number of oxime groups is 1. The number of aliphatic carboxylic acids is 1. The standard InChI is InChI=1S/C20H30N6O6S/c1-5-26(20-21-11-22-33-20)19(18(12(2)3)16(29)6-17(30)31)23-13(4)25-7-14(8-25)24-32-15(9-27)10-28/h11,13,15,27-28H,5-10H2,1-4H3,(H,30,31). The number of aromatic nitrogens is 2. The maximum absolute atomic E-state index is 12.9. The molecule has 0 saturated carbocycles. The lowest BCUT2D eigenvalue weighted by atomic mass is 10.0. The van der Waals surface area contributed by atoms with Gasteiger partial charge in [0, 0.05) is 31.2 Å². The molecule has 0 bridgehead atoms. The molecule has 1 saturated heterocycles.